The van der Waals surface area contributed by atoms with Crippen molar-refractivity contribution in [1.82, 2.24) is 10.2 Å². The maximum absolute atomic E-state index is 12.6. The van der Waals surface area contributed by atoms with Gasteiger partial charge in [-0.2, -0.15) is 0 Å². The highest BCUT2D eigenvalue weighted by molar-refractivity contribution is 5.94. The summed E-state index contributed by atoms with van der Waals surface area (Å²) in [5.41, 5.74) is 3.05. The van der Waals surface area contributed by atoms with Gasteiger partial charge >= 0.3 is 6.03 Å². The molecule has 1 aromatic rings. The number of anilines is 1. The minimum Gasteiger partial charge on any atom is -0.335 e. The van der Waals surface area contributed by atoms with Crippen molar-refractivity contribution in [2.45, 2.75) is 45.6 Å². The zero-order valence-corrected chi connectivity index (χ0v) is 13.9. The number of carbonyl (C=O) groups excluding carboxylic acids is 2. The second-order valence-corrected chi connectivity index (χ2v) is 6.82. The topological polar surface area (TPSA) is 61.4 Å². The number of rotatable bonds is 3. The molecule has 5 heteroatoms. The van der Waals surface area contributed by atoms with Crippen molar-refractivity contribution in [2.75, 3.05) is 18.4 Å². The lowest BCUT2D eigenvalue weighted by Gasteiger charge is -2.32. The molecule has 2 N–H and O–H groups in total. The third-order valence-corrected chi connectivity index (χ3v) is 4.64. The molecule has 2 aliphatic rings. The quantitative estimate of drug-likeness (QED) is 0.901. The van der Waals surface area contributed by atoms with Crippen molar-refractivity contribution in [3.63, 3.8) is 0 Å². The van der Waals surface area contributed by atoms with Crippen molar-refractivity contribution in [1.29, 1.82) is 0 Å². The molecule has 1 aliphatic carbocycles. The van der Waals surface area contributed by atoms with Crippen LogP contribution < -0.4 is 10.6 Å². The predicted octanol–water partition coefficient (Wildman–Crippen LogP) is 2.83. The number of nitrogens with one attached hydrogen (secondary N) is 2. The normalized spacial score (nSPS) is 21.0. The monoisotopic (exact) mass is 315 g/mol. The minimum atomic E-state index is -0.131. The Morgan fingerprint density at radius 1 is 1.17 bits per heavy atom. The summed E-state index contributed by atoms with van der Waals surface area (Å²) in [5, 5.41) is 6.04. The molecule has 124 valence electrons. The zero-order chi connectivity index (χ0) is 16.4. The number of benzene rings is 1. The van der Waals surface area contributed by atoms with Crippen LogP contribution in [0.15, 0.2) is 18.2 Å². The second-order valence-electron chi connectivity index (χ2n) is 6.82. The molecular weight excluding hydrogens is 290 g/mol. The SMILES string of the molecule is Cc1ccc(C)c(NC(=O)C2CCCN(C(=O)NC3CC3)C2)c1. The number of carbonyl (C=O) groups is 2. The Morgan fingerprint density at radius 2 is 1.96 bits per heavy atom. The Balaban J connectivity index is 1.60. The minimum absolute atomic E-state index is 0.0163. The second kappa shape index (κ2) is 6.60. The van der Waals surface area contributed by atoms with Crippen LogP contribution in [0.4, 0.5) is 10.5 Å². The number of urea groups is 1. The molecule has 5 nitrogen and oxygen atoms in total. The molecule has 1 unspecified atom stereocenters. The first-order valence-electron chi connectivity index (χ1n) is 8.46. The predicted molar refractivity (Wildman–Crippen MR) is 90.4 cm³/mol. The van der Waals surface area contributed by atoms with Gasteiger partial charge in [-0.3, -0.25) is 4.79 Å². The third kappa shape index (κ3) is 4.03. The van der Waals surface area contributed by atoms with Crippen molar-refractivity contribution >= 4 is 17.6 Å². The zero-order valence-electron chi connectivity index (χ0n) is 13.9. The fourth-order valence-electron chi connectivity index (χ4n) is 2.97. The van der Waals surface area contributed by atoms with Gasteiger partial charge in [0.2, 0.25) is 5.91 Å². The maximum Gasteiger partial charge on any atom is 0.317 e. The highest BCUT2D eigenvalue weighted by Crippen LogP contribution is 2.23. The van der Waals surface area contributed by atoms with Crippen LogP contribution in [-0.4, -0.2) is 36.0 Å². The fraction of sp³-hybridized carbons (Fsp3) is 0.556. The molecule has 1 aliphatic heterocycles. The lowest BCUT2D eigenvalue weighted by Crippen LogP contribution is -2.48. The molecule has 1 aromatic carbocycles. The molecule has 1 saturated carbocycles. The van der Waals surface area contributed by atoms with E-state index in [1.807, 2.05) is 32.0 Å². The number of hydrogen-bond donors (Lipinski definition) is 2. The number of aryl methyl sites for hydroxylation is 2. The van der Waals surface area contributed by atoms with E-state index in [0.717, 1.165) is 49.0 Å². The van der Waals surface area contributed by atoms with Gasteiger partial charge < -0.3 is 15.5 Å². The fourth-order valence-corrected chi connectivity index (χ4v) is 2.97. The molecule has 3 amide bonds. The van der Waals surface area contributed by atoms with Crippen LogP contribution in [0.25, 0.3) is 0 Å². The first kappa shape index (κ1) is 15.8. The Hall–Kier alpha value is -2.04. The van der Waals surface area contributed by atoms with Crippen molar-refractivity contribution in [3.8, 4) is 0 Å². The summed E-state index contributed by atoms with van der Waals surface area (Å²) in [6.45, 7) is 5.26. The van der Waals surface area contributed by atoms with Gasteiger partial charge in [-0.15, -0.1) is 0 Å². The lowest BCUT2D eigenvalue weighted by atomic mass is 9.97. The van der Waals surface area contributed by atoms with E-state index in [0.29, 0.717) is 12.6 Å². The van der Waals surface area contributed by atoms with Crippen LogP contribution in [0.3, 0.4) is 0 Å². The summed E-state index contributed by atoms with van der Waals surface area (Å²) in [6.07, 6.45) is 3.87. The summed E-state index contributed by atoms with van der Waals surface area (Å²) in [4.78, 5) is 26.5. The van der Waals surface area contributed by atoms with Crippen LogP contribution in [0.2, 0.25) is 0 Å². The molecule has 0 radical (unpaired) electrons. The van der Waals surface area contributed by atoms with Gasteiger partial charge in [-0.25, -0.2) is 4.79 Å². The summed E-state index contributed by atoms with van der Waals surface area (Å²) in [6, 6.07) is 6.38. The Kier molecular flexibility index (Phi) is 4.55. The van der Waals surface area contributed by atoms with E-state index in [-0.39, 0.29) is 17.9 Å². The van der Waals surface area contributed by atoms with E-state index in [1.165, 1.54) is 0 Å². The van der Waals surface area contributed by atoms with Gasteiger partial charge in [0, 0.05) is 24.8 Å². The largest absolute Gasteiger partial charge is 0.335 e. The first-order chi connectivity index (χ1) is 11.0. The Bertz CT molecular complexity index is 610. The standard InChI is InChI=1S/C18H25N3O2/c1-12-5-6-13(2)16(10-12)20-17(22)14-4-3-9-21(11-14)18(23)19-15-7-8-15/h5-6,10,14-15H,3-4,7-9,11H2,1-2H3,(H,19,23)(H,20,22). The summed E-state index contributed by atoms with van der Waals surface area (Å²) in [5.74, 6) is -0.115. The van der Waals surface area contributed by atoms with E-state index < -0.39 is 0 Å². The van der Waals surface area contributed by atoms with E-state index >= 15 is 0 Å². The van der Waals surface area contributed by atoms with E-state index in [9.17, 15) is 9.59 Å². The molecular formula is C18H25N3O2. The van der Waals surface area contributed by atoms with Gasteiger partial charge in [-0.05, 0) is 56.7 Å². The van der Waals surface area contributed by atoms with Gasteiger partial charge in [0.1, 0.15) is 0 Å². The maximum atomic E-state index is 12.6. The van der Waals surface area contributed by atoms with Gasteiger partial charge in [-0.1, -0.05) is 12.1 Å². The van der Waals surface area contributed by atoms with Gasteiger partial charge in [0.25, 0.3) is 0 Å². The molecule has 3 rings (SSSR count). The molecule has 23 heavy (non-hydrogen) atoms. The van der Waals surface area contributed by atoms with Crippen LogP contribution in [-0.2, 0) is 4.79 Å². The van der Waals surface area contributed by atoms with Crippen LogP contribution >= 0.6 is 0 Å². The highest BCUT2D eigenvalue weighted by atomic mass is 16.2. The molecule has 2 fully saturated rings. The van der Waals surface area contributed by atoms with Crippen molar-refractivity contribution in [2.24, 2.45) is 5.92 Å². The Morgan fingerprint density at radius 3 is 2.70 bits per heavy atom. The first-order valence-corrected chi connectivity index (χ1v) is 8.46. The van der Waals surface area contributed by atoms with E-state index in [2.05, 4.69) is 10.6 Å². The average molecular weight is 315 g/mol. The number of hydrogen-bond acceptors (Lipinski definition) is 2. The molecule has 0 bridgehead atoms. The van der Waals surface area contributed by atoms with Crippen molar-refractivity contribution in [3.05, 3.63) is 29.3 Å². The number of amides is 3. The Labute approximate surface area is 137 Å². The summed E-state index contributed by atoms with van der Waals surface area (Å²) < 4.78 is 0. The molecule has 1 atom stereocenters. The lowest BCUT2D eigenvalue weighted by molar-refractivity contribution is -0.121. The molecule has 1 heterocycles. The number of piperidine rings is 1. The van der Waals surface area contributed by atoms with Crippen molar-refractivity contribution < 1.29 is 9.59 Å². The summed E-state index contributed by atoms with van der Waals surface area (Å²) in [7, 11) is 0. The average Bonchev–Trinajstić information content (AvgIpc) is 3.35. The third-order valence-electron chi connectivity index (χ3n) is 4.64. The molecule has 0 spiro atoms. The molecule has 0 aromatic heterocycles. The summed E-state index contributed by atoms with van der Waals surface area (Å²) >= 11 is 0. The number of nitrogens with zero attached hydrogens (tertiary/aromatic N) is 1. The van der Waals surface area contributed by atoms with Crippen LogP contribution in [0.5, 0.6) is 0 Å². The highest BCUT2D eigenvalue weighted by Gasteiger charge is 2.31. The number of likely N-dealkylation sites (tertiary alicyclic amines) is 1. The molecule has 1 saturated heterocycles. The van der Waals surface area contributed by atoms with E-state index in [4.69, 9.17) is 0 Å². The van der Waals surface area contributed by atoms with Gasteiger partial charge in [0.05, 0.1) is 5.92 Å². The van der Waals surface area contributed by atoms with Gasteiger partial charge in [0.15, 0.2) is 0 Å². The van der Waals surface area contributed by atoms with Crippen LogP contribution in [0.1, 0.15) is 36.8 Å². The van der Waals surface area contributed by atoms with Crippen LogP contribution in [0, 0.1) is 19.8 Å². The smallest absolute Gasteiger partial charge is 0.317 e. The van der Waals surface area contributed by atoms with E-state index in [1.54, 1.807) is 4.90 Å².